The number of benzene rings is 2. The molecule has 8 nitrogen and oxygen atoms in total. The summed E-state index contributed by atoms with van der Waals surface area (Å²) in [5.41, 5.74) is 2.61. The summed E-state index contributed by atoms with van der Waals surface area (Å²) in [5.74, 6) is -1.18. The Morgan fingerprint density at radius 1 is 0.853 bits per heavy atom. The fraction of sp³-hybridized carbons (Fsp3) is 0.308. The Morgan fingerprint density at radius 3 is 2.12 bits per heavy atom. The van der Waals surface area contributed by atoms with E-state index >= 15 is 0 Å². The third kappa shape index (κ3) is 5.89. The maximum Gasteiger partial charge on any atom is 0.341 e. The van der Waals surface area contributed by atoms with E-state index in [-0.39, 0.29) is 24.7 Å². The first-order valence-electron chi connectivity index (χ1n) is 11.1. The van der Waals surface area contributed by atoms with Gasteiger partial charge in [-0.05, 0) is 62.2 Å². The van der Waals surface area contributed by atoms with Gasteiger partial charge in [0.1, 0.15) is 5.56 Å². The van der Waals surface area contributed by atoms with Crippen LogP contribution in [0.4, 0.5) is 11.4 Å². The molecule has 3 aromatic rings. The van der Waals surface area contributed by atoms with Gasteiger partial charge in [-0.1, -0.05) is 13.8 Å². The number of hydrogen-bond acceptors (Lipinski definition) is 8. The zero-order chi connectivity index (χ0) is 24.7. The summed E-state index contributed by atoms with van der Waals surface area (Å²) in [4.78, 5) is 41.5. The van der Waals surface area contributed by atoms with Crippen LogP contribution in [0, 0.1) is 5.92 Å². The molecule has 34 heavy (non-hydrogen) atoms. The van der Waals surface area contributed by atoms with Crippen LogP contribution < -0.4 is 5.32 Å². The van der Waals surface area contributed by atoms with Crippen LogP contribution in [0.3, 0.4) is 0 Å². The van der Waals surface area contributed by atoms with E-state index in [4.69, 9.17) is 14.2 Å². The van der Waals surface area contributed by atoms with Crippen LogP contribution in [-0.4, -0.2) is 42.7 Å². The number of anilines is 2. The van der Waals surface area contributed by atoms with Crippen molar-refractivity contribution in [2.75, 3.05) is 25.1 Å². The molecule has 0 atom stereocenters. The van der Waals surface area contributed by atoms with Crippen molar-refractivity contribution in [1.29, 1.82) is 0 Å². The SMILES string of the molecule is CCOC(=O)c1ccc2ncc(C(=O)OCC)c(Nc3ccc(C(=O)OCC(C)C)cc3)c2c1. The summed E-state index contributed by atoms with van der Waals surface area (Å²) in [7, 11) is 0. The molecule has 8 heteroatoms. The minimum absolute atomic E-state index is 0.201. The van der Waals surface area contributed by atoms with Gasteiger partial charge in [-0.15, -0.1) is 0 Å². The zero-order valence-electron chi connectivity index (χ0n) is 19.7. The number of pyridine rings is 1. The van der Waals surface area contributed by atoms with E-state index in [1.54, 1.807) is 56.3 Å². The molecule has 0 saturated carbocycles. The van der Waals surface area contributed by atoms with Gasteiger partial charge in [0.2, 0.25) is 0 Å². The second kappa shape index (κ2) is 11.3. The van der Waals surface area contributed by atoms with Gasteiger partial charge in [-0.2, -0.15) is 0 Å². The first-order chi connectivity index (χ1) is 16.3. The summed E-state index contributed by atoms with van der Waals surface area (Å²) >= 11 is 0. The Labute approximate surface area is 198 Å². The van der Waals surface area contributed by atoms with Gasteiger partial charge in [-0.25, -0.2) is 14.4 Å². The van der Waals surface area contributed by atoms with Gasteiger partial charge in [0.25, 0.3) is 0 Å². The molecule has 0 unspecified atom stereocenters. The molecule has 0 spiro atoms. The lowest BCUT2D eigenvalue weighted by molar-refractivity contribution is 0.0457. The smallest absolute Gasteiger partial charge is 0.341 e. The van der Waals surface area contributed by atoms with Gasteiger partial charge >= 0.3 is 17.9 Å². The normalized spacial score (nSPS) is 10.7. The van der Waals surface area contributed by atoms with Crippen molar-refractivity contribution < 1.29 is 28.6 Å². The number of hydrogen-bond donors (Lipinski definition) is 1. The van der Waals surface area contributed by atoms with Gasteiger partial charge in [0.15, 0.2) is 0 Å². The molecule has 0 aliphatic rings. The highest BCUT2D eigenvalue weighted by Gasteiger charge is 2.19. The third-order valence-corrected chi connectivity index (χ3v) is 4.81. The summed E-state index contributed by atoms with van der Waals surface area (Å²) < 4.78 is 15.6. The van der Waals surface area contributed by atoms with Crippen LogP contribution in [0.1, 0.15) is 58.8 Å². The van der Waals surface area contributed by atoms with Crippen LogP contribution in [0.25, 0.3) is 10.9 Å². The quantitative estimate of drug-likeness (QED) is 0.343. The molecule has 0 fully saturated rings. The predicted octanol–water partition coefficient (Wildman–Crippen LogP) is 5.14. The molecule has 3 rings (SSSR count). The maximum absolute atomic E-state index is 12.6. The molecule has 1 N–H and O–H groups in total. The average Bonchev–Trinajstić information content (AvgIpc) is 2.83. The van der Waals surface area contributed by atoms with Gasteiger partial charge in [-0.3, -0.25) is 4.98 Å². The predicted molar refractivity (Wildman–Crippen MR) is 129 cm³/mol. The van der Waals surface area contributed by atoms with Crippen LogP contribution in [0.15, 0.2) is 48.7 Å². The van der Waals surface area contributed by atoms with Crippen LogP contribution in [0.5, 0.6) is 0 Å². The van der Waals surface area contributed by atoms with Gasteiger partial charge in [0.05, 0.1) is 42.2 Å². The molecule has 0 bridgehead atoms. The molecular formula is C26H28N2O6. The van der Waals surface area contributed by atoms with E-state index in [0.29, 0.717) is 40.0 Å². The molecule has 178 valence electrons. The second-order valence-electron chi connectivity index (χ2n) is 7.91. The van der Waals surface area contributed by atoms with E-state index in [1.807, 2.05) is 13.8 Å². The molecule has 0 amide bonds. The number of carbonyl (C=O) groups is 3. The monoisotopic (exact) mass is 464 g/mol. The van der Waals surface area contributed by atoms with E-state index in [9.17, 15) is 14.4 Å². The minimum Gasteiger partial charge on any atom is -0.462 e. The van der Waals surface area contributed by atoms with Crippen LogP contribution in [-0.2, 0) is 14.2 Å². The highest BCUT2D eigenvalue weighted by atomic mass is 16.5. The van der Waals surface area contributed by atoms with Gasteiger partial charge in [0, 0.05) is 17.3 Å². The van der Waals surface area contributed by atoms with Crippen molar-refractivity contribution in [3.05, 3.63) is 65.4 Å². The Morgan fingerprint density at radius 2 is 1.47 bits per heavy atom. The van der Waals surface area contributed by atoms with Crippen molar-refractivity contribution in [3.8, 4) is 0 Å². The Bertz CT molecular complexity index is 1180. The van der Waals surface area contributed by atoms with Crippen molar-refractivity contribution in [2.24, 2.45) is 5.92 Å². The number of esters is 3. The Balaban J connectivity index is 2.00. The van der Waals surface area contributed by atoms with Crippen LogP contribution in [0.2, 0.25) is 0 Å². The Kier molecular flexibility index (Phi) is 8.19. The molecule has 0 radical (unpaired) electrons. The molecule has 0 saturated heterocycles. The molecule has 0 aliphatic heterocycles. The molecule has 0 aliphatic carbocycles. The lowest BCUT2D eigenvalue weighted by Gasteiger charge is -2.15. The van der Waals surface area contributed by atoms with E-state index in [0.717, 1.165) is 0 Å². The standard InChI is InChI=1S/C26H28N2O6/c1-5-32-25(30)18-9-12-22-20(13-18)23(21(14-27-22)26(31)33-6-2)28-19-10-7-17(8-11-19)24(29)34-15-16(3)4/h7-14,16H,5-6,15H2,1-4H3,(H,27,28). The van der Waals surface area contributed by atoms with Crippen molar-refractivity contribution >= 4 is 40.2 Å². The number of nitrogens with one attached hydrogen (secondary N) is 1. The molecule has 1 heterocycles. The van der Waals surface area contributed by atoms with Crippen molar-refractivity contribution in [1.82, 2.24) is 4.98 Å². The summed E-state index contributed by atoms with van der Waals surface area (Å²) in [6, 6.07) is 11.6. The first-order valence-corrected chi connectivity index (χ1v) is 11.1. The lowest BCUT2D eigenvalue weighted by atomic mass is 10.1. The number of rotatable bonds is 9. The zero-order valence-corrected chi connectivity index (χ0v) is 19.7. The fourth-order valence-corrected chi connectivity index (χ4v) is 3.19. The number of nitrogens with zero attached hydrogens (tertiary/aromatic N) is 1. The molecule has 2 aromatic carbocycles. The minimum atomic E-state index is -0.546. The molecular weight excluding hydrogens is 436 g/mol. The fourth-order valence-electron chi connectivity index (χ4n) is 3.19. The summed E-state index contributed by atoms with van der Waals surface area (Å²) in [5, 5.41) is 3.78. The largest absolute Gasteiger partial charge is 0.462 e. The van der Waals surface area contributed by atoms with Gasteiger partial charge < -0.3 is 19.5 Å². The lowest BCUT2D eigenvalue weighted by Crippen LogP contribution is -2.11. The van der Waals surface area contributed by atoms with E-state index < -0.39 is 17.9 Å². The Hall–Kier alpha value is -3.94. The second-order valence-corrected chi connectivity index (χ2v) is 7.91. The highest BCUT2D eigenvalue weighted by Crippen LogP contribution is 2.31. The number of aromatic nitrogens is 1. The van der Waals surface area contributed by atoms with E-state index in [1.165, 1.54) is 6.20 Å². The summed E-state index contributed by atoms with van der Waals surface area (Å²) in [6.07, 6.45) is 1.43. The number of fused-ring (bicyclic) bond motifs is 1. The highest BCUT2D eigenvalue weighted by molar-refractivity contribution is 6.07. The summed E-state index contributed by atoms with van der Waals surface area (Å²) in [6.45, 7) is 8.17. The average molecular weight is 465 g/mol. The van der Waals surface area contributed by atoms with Crippen molar-refractivity contribution in [3.63, 3.8) is 0 Å². The topological polar surface area (TPSA) is 104 Å². The van der Waals surface area contributed by atoms with Crippen molar-refractivity contribution in [2.45, 2.75) is 27.7 Å². The number of carbonyl (C=O) groups excluding carboxylic acids is 3. The molecule has 1 aromatic heterocycles. The number of ether oxygens (including phenoxy) is 3. The van der Waals surface area contributed by atoms with E-state index in [2.05, 4.69) is 10.3 Å². The maximum atomic E-state index is 12.6. The van der Waals surface area contributed by atoms with Crippen LogP contribution >= 0.6 is 0 Å². The first kappa shape index (κ1) is 24.7. The third-order valence-electron chi connectivity index (χ3n) is 4.81.